The Morgan fingerprint density at radius 2 is 2.15 bits per heavy atom. The molecule has 2 N–H and O–H groups in total. The fourth-order valence-corrected chi connectivity index (χ4v) is 2.33. The lowest BCUT2D eigenvalue weighted by Gasteiger charge is -2.03. The van der Waals surface area contributed by atoms with Gasteiger partial charge in [0, 0.05) is 11.9 Å². The number of rotatable bonds is 2. The first-order valence-corrected chi connectivity index (χ1v) is 5.71. The second-order valence-electron chi connectivity index (χ2n) is 3.47. The Morgan fingerprint density at radius 1 is 1.54 bits per heavy atom. The molecule has 1 aromatic rings. The van der Waals surface area contributed by atoms with Crippen molar-refractivity contribution in [1.82, 2.24) is 3.97 Å². The first-order valence-electron chi connectivity index (χ1n) is 4.21. The predicted octanol–water partition coefficient (Wildman–Crippen LogP) is 0.726. The lowest BCUT2D eigenvalue weighted by Crippen LogP contribution is -2.22. The maximum absolute atomic E-state index is 11.1. The van der Waals surface area contributed by atoms with Crippen molar-refractivity contribution in [3.63, 3.8) is 0 Å². The summed E-state index contributed by atoms with van der Waals surface area (Å²) in [6.07, 6.45) is 3.85. The second-order valence-corrected chi connectivity index (χ2v) is 4.89. The van der Waals surface area contributed by atoms with Crippen molar-refractivity contribution in [3.05, 3.63) is 23.5 Å². The van der Waals surface area contributed by atoms with Crippen LogP contribution in [-0.4, -0.2) is 12.4 Å². The third-order valence-electron chi connectivity index (χ3n) is 2.43. The van der Waals surface area contributed by atoms with Crippen molar-refractivity contribution in [2.75, 3.05) is 0 Å². The summed E-state index contributed by atoms with van der Waals surface area (Å²) in [6, 6.07) is 1.84. The average molecular weight is 200 g/mol. The molecule has 0 radical (unpaired) electrons. The molecule has 0 saturated heterocycles. The molecule has 0 spiro atoms. The van der Waals surface area contributed by atoms with Gasteiger partial charge in [-0.3, -0.25) is 0 Å². The molecule has 0 aliphatic heterocycles. The SMILES string of the molecule is Cc1c(C2CC2)ccn1S(N)(=O)=O. The molecule has 13 heavy (non-hydrogen) atoms. The van der Waals surface area contributed by atoms with E-state index in [-0.39, 0.29) is 0 Å². The summed E-state index contributed by atoms with van der Waals surface area (Å²) in [5.74, 6) is 0.558. The van der Waals surface area contributed by atoms with Crippen LogP contribution >= 0.6 is 0 Å². The Kier molecular flexibility index (Phi) is 1.75. The second kappa shape index (κ2) is 2.59. The van der Waals surface area contributed by atoms with Crippen LogP contribution in [0.3, 0.4) is 0 Å². The first kappa shape index (κ1) is 8.77. The molecule has 0 aromatic carbocycles. The summed E-state index contributed by atoms with van der Waals surface area (Å²) in [5.41, 5.74) is 1.87. The van der Waals surface area contributed by atoms with Gasteiger partial charge < -0.3 is 0 Å². The molecule has 72 valence electrons. The minimum absolute atomic E-state index is 0.558. The van der Waals surface area contributed by atoms with Crippen LogP contribution in [0.25, 0.3) is 0 Å². The van der Waals surface area contributed by atoms with Crippen molar-refractivity contribution in [3.8, 4) is 0 Å². The Bertz CT molecular complexity index is 429. The van der Waals surface area contributed by atoms with Crippen LogP contribution in [0.15, 0.2) is 12.3 Å². The highest BCUT2D eigenvalue weighted by atomic mass is 32.2. The lowest BCUT2D eigenvalue weighted by atomic mass is 10.2. The van der Waals surface area contributed by atoms with Crippen LogP contribution in [0.4, 0.5) is 0 Å². The van der Waals surface area contributed by atoms with E-state index < -0.39 is 10.2 Å². The zero-order valence-corrected chi connectivity index (χ0v) is 8.21. The van der Waals surface area contributed by atoms with Gasteiger partial charge in [-0.05, 0) is 37.3 Å². The molecule has 4 nitrogen and oxygen atoms in total. The van der Waals surface area contributed by atoms with E-state index in [4.69, 9.17) is 5.14 Å². The Balaban J connectivity index is 2.50. The van der Waals surface area contributed by atoms with Crippen LogP contribution < -0.4 is 5.14 Å². The van der Waals surface area contributed by atoms with Gasteiger partial charge in [0.2, 0.25) is 0 Å². The number of hydrogen-bond donors (Lipinski definition) is 1. The van der Waals surface area contributed by atoms with Gasteiger partial charge in [0.1, 0.15) is 0 Å². The predicted molar refractivity (Wildman–Crippen MR) is 49.6 cm³/mol. The molecule has 0 unspecified atom stereocenters. The minimum atomic E-state index is -3.60. The Labute approximate surface area is 77.5 Å². The molecule has 1 aliphatic carbocycles. The summed E-state index contributed by atoms with van der Waals surface area (Å²) < 4.78 is 23.2. The van der Waals surface area contributed by atoms with Crippen molar-refractivity contribution >= 4 is 10.2 Å². The molecule has 1 aromatic heterocycles. The molecule has 0 amide bonds. The molecule has 1 fully saturated rings. The van der Waals surface area contributed by atoms with Gasteiger partial charge in [-0.15, -0.1) is 0 Å². The van der Waals surface area contributed by atoms with Gasteiger partial charge in [0.05, 0.1) is 0 Å². The van der Waals surface area contributed by atoms with Crippen molar-refractivity contribution in [1.29, 1.82) is 0 Å². The zero-order valence-electron chi connectivity index (χ0n) is 7.40. The highest BCUT2D eigenvalue weighted by Gasteiger charge is 2.27. The van der Waals surface area contributed by atoms with E-state index in [9.17, 15) is 8.42 Å². The fourth-order valence-electron chi connectivity index (χ4n) is 1.61. The smallest absolute Gasteiger partial charge is 0.238 e. The van der Waals surface area contributed by atoms with Gasteiger partial charge in [0.15, 0.2) is 0 Å². The normalized spacial score (nSPS) is 17.7. The Hall–Kier alpha value is -0.810. The standard InChI is InChI=1S/C8H12N2O2S/c1-6-8(7-2-3-7)4-5-10(6)13(9,11)12/h4-5,7H,2-3H2,1H3,(H2,9,11,12). The summed E-state index contributed by atoms with van der Waals surface area (Å²) in [6.45, 7) is 1.79. The van der Waals surface area contributed by atoms with E-state index in [1.54, 1.807) is 6.92 Å². The van der Waals surface area contributed by atoms with E-state index in [0.29, 0.717) is 5.92 Å². The number of nitrogens with two attached hydrogens (primary N) is 1. The summed E-state index contributed by atoms with van der Waals surface area (Å²) in [7, 11) is -3.60. The van der Waals surface area contributed by atoms with Crippen molar-refractivity contribution in [2.45, 2.75) is 25.7 Å². The third kappa shape index (κ3) is 1.49. The summed E-state index contributed by atoms with van der Waals surface area (Å²) in [5, 5.41) is 5.03. The highest BCUT2D eigenvalue weighted by Crippen LogP contribution is 2.41. The zero-order chi connectivity index (χ0) is 9.64. The van der Waals surface area contributed by atoms with E-state index in [1.807, 2.05) is 6.07 Å². The number of hydrogen-bond acceptors (Lipinski definition) is 2. The van der Waals surface area contributed by atoms with Crippen molar-refractivity contribution < 1.29 is 8.42 Å². The molecule has 0 bridgehead atoms. The molecule has 2 rings (SSSR count). The maximum atomic E-state index is 11.1. The average Bonchev–Trinajstić information content (AvgIpc) is 2.73. The van der Waals surface area contributed by atoms with E-state index in [1.165, 1.54) is 6.20 Å². The van der Waals surface area contributed by atoms with Gasteiger partial charge in [-0.1, -0.05) is 0 Å². The summed E-state index contributed by atoms with van der Waals surface area (Å²) >= 11 is 0. The topological polar surface area (TPSA) is 65.1 Å². The quantitative estimate of drug-likeness (QED) is 0.764. The van der Waals surface area contributed by atoms with Crippen LogP contribution in [0.5, 0.6) is 0 Å². The van der Waals surface area contributed by atoms with Crippen LogP contribution in [0.1, 0.15) is 30.0 Å². The molecular weight excluding hydrogens is 188 g/mol. The maximum Gasteiger partial charge on any atom is 0.302 e. The summed E-state index contributed by atoms with van der Waals surface area (Å²) in [4.78, 5) is 0. The van der Waals surface area contributed by atoms with E-state index >= 15 is 0 Å². The van der Waals surface area contributed by atoms with Gasteiger partial charge >= 0.3 is 10.2 Å². The first-order chi connectivity index (χ1) is 6.00. The largest absolute Gasteiger partial charge is 0.302 e. The fraction of sp³-hybridized carbons (Fsp3) is 0.500. The molecule has 1 heterocycles. The number of aromatic nitrogens is 1. The lowest BCUT2D eigenvalue weighted by molar-refractivity contribution is 0.588. The molecular formula is C8H12N2O2S. The van der Waals surface area contributed by atoms with Crippen LogP contribution in [0, 0.1) is 6.92 Å². The third-order valence-corrected chi connectivity index (χ3v) is 3.37. The highest BCUT2D eigenvalue weighted by molar-refractivity contribution is 7.87. The van der Waals surface area contributed by atoms with Gasteiger partial charge in [-0.25, -0.2) is 9.11 Å². The van der Waals surface area contributed by atoms with Crippen LogP contribution in [-0.2, 0) is 10.2 Å². The van der Waals surface area contributed by atoms with Crippen LogP contribution in [0.2, 0.25) is 0 Å². The molecule has 1 saturated carbocycles. The van der Waals surface area contributed by atoms with Gasteiger partial charge in [-0.2, -0.15) is 8.42 Å². The van der Waals surface area contributed by atoms with Crippen molar-refractivity contribution in [2.24, 2.45) is 5.14 Å². The van der Waals surface area contributed by atoms with E-state index in [0.717, 1.165) is 28.1 Å². The molecule has 5 heteroatoms. The van der Waals surface area contributed by atoms with E-state index in [2.05, 4.69) is 0 Å². The minimum Gasteiger partial charge on any atom is -0.238 e. The molecule has 0 atom stereocenters. The number of nitrogens with zero attached hydrogens (tertiary/aromatic N) is 1. The van der Waals surface area contributed by atoms with Gasteiger partial charge in [0.25, 0.3) is 0 Å². The monoisotopic (exact) mass is 200 g/mol. The Morgan fingerprint density at radius 3 is 2.54 bits per heavy atom. The molecule has 1 aliphatic rings.